The standard InChI is InChI=1S/C23H27N3O5/c1-25-12-11-23(10-9-21(25)28)14-17(16-6-3-4-7-18(16)31-23)24-20(27)15-26(2)22(29)19-8-5-13-30-19/h3-8,13,17H,9-12,14-15H2,1-2H3,(H,24,27)/t17-,23+/m0/s1. The van der Waals surface area contributed by atoms with E-state index in [9.17, 15) is 14.4 Å². The van der Waals surface area contributed by atoms with Gasteiger partial charge in [-0.25, -0.2) is 0 Å². The summed E-state index contributed by atoms with van der Waals surface area (Å²) in [6, 6.07) is 10.6. The van der Waals surface area contributed by atoms with Crippen LogP contribution in [-0.2, 0) is 9.59 Å². The number of nitrogens with one attached hydrogen (secondary N) is 1. The van der Waals surface area contributed by atoms with E-state index in [1.54, 1.807) is 24.1 Å². The Morgan fingerprint density at radius 1 is 1.23 bits per heavy atom. The summed E-state index contributed by atoms with van der Waals surface area (Å²) in [6.07, 6.45) is 3.72. The van der Waals surface area contributed by atoms with Gasteiger partial charge in [-0.05, 0) is 24.6 Å². The first-order valence-electron chi connectivity index (χ1n) is 10.5. The van der Waals surface area contributed by atoms with Crippen molar-refractivity contribution in [3.63, 3.8) is 0 Å². The molecule has 1 aromatic carbocycles. The summed E-state index contributed by atoms with van der Waals surface area (Å²) in [5.74, 6) is 0.419. The number of hydrogen-bond donors (Lipinski definition) is 1. The summed E-state index contributed by atoms with van der Waals surface area (Å²) < 4.78 is 11.5. The van der Waals surface area contributed by atoms with E-state index in [4.69, 9.17) is 9.15 Å². The molecule has 164 valence electrons. The average Bonchev–Trinajstić information content (AvgIpc) is 3.26. The van der Waals surface area contributed by atoms with Crippen molar-refractivity contribution in [1.29, 1.82) is 0 Å². The monoisotopic (exact) mass is 425 g/mol. The van der Waals surface area contributed by atoms with Gasteiger partial charge in [0, 0.05) is 45.5 Å². The largest absolute Gasteiger partial charge is 0.487 e. The van der Waals surface area contributed by atoms with E-state index in [-0.39, 0.29) is 36.1 Å². The minimum atomic E-state index is -0.511. The predicted molar refractivity (Wildman–Crippen MR) is 112 cm³/mol. The lowest BCUT2D eigenvalue weighted by Crippen LogP contribution is -2.47. The van der Waals surface area contributed by atoms with Gasteiger partial charge in [-0.1, -0.05) is 18.2 Å². The maximum absolute atomic E-state index is 12.8. The fourth-order valence-corrected chi connectivity index (χ4v) is 4.32. The van der Waals surface area contributed by atoms with E-state index in [1.165, 1.54) is 11.2 Å². The Hall–Kier alpha value is -3.29. The van der Waals surface area contributed by atoms with Crippen molar-refractivity contribution in [1.82, 2.24) is 15.1 Å². The molecule has 3 heterocycles. The van der Waals surface area contributed by atoms with Gasteiger partial charge < -0.3 is 24.3 Å². The molecule has 0 saturated carbocycles. The van der Waals surface area contributed by atoms with E-state index >= 15 is 0 Å². The third kappa shape index (κ3) is 4.42. The lowest BCUT2D eigenvalue weighted by molar-refractivity contribution is -0.129. The second kappa shape index (κ2) is 8.45. The molecule has 0 unspecified atom stereocenters. The lowest BCUT2D eigenvalue weighted by atomic mass is 9.82. The Kier molecular flexibility index (Phi) is 5.71. The molecule has 4 rings (SSSR count). The summed E-state index contributed by atoms with van der Waals surface area (Å²) in [5.41, 5.74) is 0.396. The van der Waals surface area contributed by atoms with Gasteiger partial charge >= 0.3 is 0 Å². The topological polar surface area (TPSA) is 92.1 Å². The van der Waals surface area contributed by atoms with Crippen LogP contribution in [-0.4, -0.2) is 60.3 Å². The van der Waals surface area contributed by atoms with Crippen LogP contribution in [0, 0.1) is 0 Å². The summed E-state index contributed by atoms with van der Waals surface area (Å²) in [7, 11) is 3.37. The fourth-order valence-electron chi connectivity index (χ4n) is 4.32. The summed E-state index contributed by atoms with van der Waals surface area (Å²) in [6.45, 7) is 0.523. The molecule has 1 saturated heterocycles. The van der Waals surface area contributed by atoms with Crippen LogP contribution in [0.1, 0.15) is 47.8 Å². The van der Waals surface area contributed by atoms with Gasteiger partial charge in [-0.15, -0.1) is 0 Å². The molecule has 8 nitrogen and oxygen atoms in total. The Labute approximate surface area is 181 Å². The van der Waals surface area contributed by atoms with Crippen LogP contribution in [0.3, 0.4) is 0 Å². The molecule has 0 aliphatic carbocycles. The highest BCUT2D eigenvalue weighted by atomic mass is 16.5. The fraction of sp³-hybridized carbons (Fsp3) is 0.435. The first-order valence-corrected chi connectivity index (χ1v) is 10.5. The van der Waals surface area contributed by atoms with E-state index in [0.717, 1.165) is 11.3 Å². The molecule has 1 spiro atoms. The molecule has 1 fully saturated rings. The van der Waals surface area contributed by atoms with Crippen LogP contribution >= 0.6 is 0 Å². The van der Waals surface area contributed by atoms with E-state index in [0.29, 0.717) is 32.2 Å². The van der Waals surface area contributed by atoms with Gasteiger partial charge in [0.05, 0.1) is 18.8 Å². The number of para-hydroxylation sites is 1. The lowest BCUT2D eigenvalue weighted by Gasteiger charge is -2.42. The van der Waals surface area contributed by atoms with E-state index in [2.05, 4.69) is 5.32 Å². The number of carbonyl (C=O) groups excluding carboxylic acids is 3. The highest BCUT2D eigenvalue weighted by Gasteiger charge is 2.43. The van der Waals surface area contributed by atoms with Crippen LogP contribution in [0.2, 0.25) is 0 Å². The molecule has 2 aliphatic heterocycles. The van der Waals surface area contributed by atoms with Gasteiger partial charge in [-0.3, -0.25) is 14.4 Å². The highest BCUT2D eigenvalue weighted by molar-refractivity contribution is 5.94. The number of nitrogens with zero attached hydrogens (tertiary/aromatic N) is 2. The summed E-state index contributed by atoms with van der Waals surface area (Å²) in [5, 5.41) is 3.08. The van der Waals surface area contributed by atoms with Crippen molar-refractivity contribution >= 4 is 17.7 Å². The number of hydrogen-bond acceptors (Lipinski definition) is 5. The zero-order valence-corrected chi connectivity index (χ0v) is 17.8. The van der Waals surface area contributed by atoms with Crippen LogP contribution < -0.4 is 10.1 Å². The van der Waals surface area contributed by atoms with Gasteiger partial charge in [0.25, 0.3) is 5.91 Å². The Morgan fingerprint density at radius 2 is 2.03 bits per heavy atom. The first kappa shape index (κ1) is 21.0. The second-order valence-corrected chi connectivity index (χ2v) is 8.35. The number of amides is 3. The van der Waals surface area contributed by atoms with Crippen LogP contribution in [0.25, 0.3) is 0 Å². The Bertz CT molecular complexity index is 973. The number of ether oxygens (including phenoxy) is 1. The number of likely N-dealkylation sites (N-methyl/N-ethyl adjacent to an activating group) is 1. The number of likely N-dealkylation sites (tertiary alicyclic amines) is 1. The first-order chi connectivity index (χ1) is 14.9. The molecule has 0 bridgehead atoms. The van der Waals surface area contributed by atoms with Crippen molar-refractivity contribution in [2.45, 2.75) is 37.3 Å². The Morgan fingerprint density at radius 3 is 2.81 bits per heavy atom. The van der Waals surface area contributed by atoms with Crippen molar-refractivity contribution in [3.05, 3.63) is 54.0 Å². The molecule has 1 aromatic heterocycles. The smallest absolute Gasteiger partial charge is 0.289 e. The number of benzene rings is 1. The average molecular weight is 425 g/mol. The molecule has 31 heavy (non-hydrogen) atoms. The van der Waals surface area contributed by atoms with Crippen molar-refractivity contribution in [3.8, 4) is 5.75 Å². The quantitative estimate of drug-likeness (QED) is 0.812. The third-order valence-electron chi connectivity index (χ3n) is 6.11. The van der Waals surface area contributed by atoms with Gasteiger partial charge in [0.15, 0.2) is 5.76 Å². The molecular weight excluding hydrogens is 398 g/mol. The minimum absolute atomic E-state index is 0.0900. The summed E-state index contributed by atoms with van der Waals surface area (Å²) >= 11 is 0. The number of rotatable bonds is 4. The van der Waals surface area contributed by atoms with Crippen LogP contribution in [0.5, 0.6) is 5.75 Å². The zero-order valence-electron chi connectivity index (χ0n) is 17.8. The molecule has 2 atom stereocenters. The molecular formula is C23H27N3O5. The van der Waals surface area contributed by atoms with Crippen molar-refractivity contribution < 1.29 is 23.5 Å². The van der Waals surface area contributed by atoms with E-state index < -0.39 is 5.60 Å². The van der Waals surface area contributed by atoms with E-state index in [1.807, 2.05) is 31.3 Å². The Balaban J connectivity index is 1.49. The highest BCUT2D eigenvalue weighted by Crippen LogP contribution is 2.44. The van der Waals surface area contributed by atoms with Crippen LogP contribution in [0.15, 0.2) is 47.1 Å². The van der Waals surface area contributed by atoms with Crippen LogP contribution in [0.4, 0.5) is 0 Å². The number of carbonyl (C=O) groups is 3. The number of fused-ring (bicyclic) bond motifs is 1. The molecule has 3 amide bonds. The molecule has 2 aliphatic rings. The molecule has 0 radical (unpaired) electrons. The zero-order chi connectivity index (χ0) is 22.0. The second-order valence-electron chi connectivity index (χ2n) is 8.35. The predicted octanol–water partition coefficient (Wildman–Crippen LogP) is 2.37. The number of furan rings is 1. The summed E-state index contributed by atoms with van der Waals surface area (Å²) in [4.78, 5) is 40.4. The van der Waals surface area contributed by atoms with Gasteiger partial charge in [-0.2, -0.15) is 0 Å². The maximum atomic E-state index is 12.8. The van der Waals surface area contributed by atoms with Crippen molar-refractivity contribution in [2.24, 2.45) is 0 Å². The normalized spacial score (nSPS) is 23.0. The van der Waals surface area contributed by atoms with Gasteiger partial charge in [0.1, 0.15) is 11.4 Å². The maximum Gasteiger partial charge on any atom is 0.289 e. The minimum Gasteiger partial charge on any atom is -0.487 e. The molecule has 1 N–H and O–H groups in total. The van der Waals surface area contributed by atoms with Gasteiger partial charge in [0.2, 0.25) is 11.8 Å². The third-order valence-corrected chi connectivity index (χ3v) is 6.11. The SMILES string of the molecule is CN1CC[C@]2(CCC1=O)C[C@H](NC(=O)CN(C)C(=O)c1ccco1)c1ccccc1O2. The molecule has 8 heteroatoms. The van der Waals surface area contributed by atoms with Crippen molar-refractivity contribution in [2.75, 3.05) is 27.2 Å². The molecule has 2 aromatic rings.